The average Bonchev–Trinajstić information content (AvgIpc) is 2.73. The summed E-state index contributed by atoms with van der Waals surface area (Å²) in [7, 11) is 0. The zero-order chi connectivity index (χ0) is 13.1. The van der Waals surface area contributed by atoms with Crippen molar-refractivity contribution < 1.29 is 9.90 Å². The van der Waals surface area contributed by atoms with Crippen LogP contribution in [0.3, 0.4) is 0 Å². The Morgan fingerprint density at radius 3 is 3.00 bits per heavy atom. The lowest BCUT2D eigenvalue weighted by Gasteiger charge is -2.00. The third-order valence-corrected chi connectivity index (χ3v) is 3.52. The Labute approximate surface area is 109 Å². The lowest BCUT2D eigenvalue weighted by molar-refractivity contribution is -0.136. The molecule has 0 aromatic carbocycles. The van der Waals surface area contributed by atoms with Crippen LogP contribution in [0.5, 0.6) is 0 Å². The summed E-state index contributed by atoms with van der Waals surface area (Å²) in [6, 6.07) is 2.01. The van der Waals surface area contributed by atoms with E-state index in [0.717, 1.165) is 16.2 Å². The smallest absolute Gasteiger partial charge is 0.304 e. The van der Waals surface area contributed by atoms with Gasteiger partial charge in [0.25, 0.3) is 0 Å². The number of carboxylic acid groups (broad SMARTS) is 1. The average molecular weight is 265 g/mol. The molecule has 2 aromatic heterocycles. The largest absolute Gasteiger partial charge is 0.481 e. The molecule has 0 fully saturated rings. The van der Waals surface area contributed by atoms with Gasteiger partial charge in [-0.15, -0.1) is 11.8 Å². The van der Waals surface area contributed by atoms with E-state index >= 15 is 0 Å². The van der Waals surface area contributed by atoms with Crippen LogP contribution in [0.4, 0.5) is 0 Å². The fraction of sp³-hybridized carbons (Fsp3) is 0.417. The van der Waals surface area contributed by atoms with Crippen molar-refractivity contribution in [1.29, 1.82) is 0 Å². The van der Waals surface area contributed by atoms with Crippen molar-refractivity contribution in [1.82, 2.24) is 14.6 Å². The summed E-state index contributed by atoms with van der Waals surface area (Å²) < 4.78 is 1.80. The molecule has 0 amide bonds. The van der Waals surface area contributed by atoms with Crippen molar-refractivity contribution in [3.8, 4) is 0 Å². The maximum absolute atomic E-state index is 10.5. The molecule has 0 atom stereocenters. The van der Waals surface area contributed by atoms with Gasteiger partial charge >= 0.3 is 5.97 Å². The van der Waals surface area contributed by atoms with E-state index < -0.39 is 5.97 Å². The fourth-order valence-corrected chi connectivity index (χ4v) is 2.45. The van der Waals surface area contributed by atoms with E-state index in [1.807, 2.05) is 12.3 Å². The van der Waals surface area contributed by atoms with Crippen LogP contribution in [-0.2, 0) is 4.79 Å². The Hall–Kier alpha value is -1.56. The zero-order valence-electron chi connectivity index (χ0n) is 10.3. The van der Waals surface area contributed by atoms with E-state index in [-0.39, 0.29) is 6.42 Å². The lowest BCUT2D eigenvalue weighted by Crippen LogP contribution is -1.97. The Bertz CT molecular complexity index is 565. The molecular weight excluding hydrogens is 250 g/mol. The molecule has 2 heterocycles. The first-order valence-electron chi connectivity index (χ1n) is 5.77. The molecule has 0 spiro atoms. The van der Waals surface area contributed by atoms with Gasteiger partial charge in [0.05, 0.1) is 17.6 Å². The van der Waals surface area contributed by atoms with Crippen molar-refractivity contribution in [2.24, 2.45) is 0 Å². The van der Waals surface area contributed by atoms with Crippen molar-refractivity contribution >= 4 is 23.2 Å². The summed E-state index contributed by atoms with van der Waals surface area (Å²) in [6.45, 7) is 4.18. The molecule has 2 aromatic rings. The van der Waals surface area contributed by atoms with Crippen LogP contribution in [0.2, 0.25) is 0 Å². The van der Waals surface area contributed by atoms with Gasteiger partial charge in [-0.2, -0.15) is 5.10 Å². The Morgan fingerprint density at radius 1 is 1.56 bits per heavy atom. The summed E-state index contributed by atoms with van der Waals surface area (Å²) in [5, 5.41) is 13.9. The van der Waals surface area contributed by atoms with Gasteiger partial charge in [-0.25, -0.2) is 9.50 Å². The quantitative estimate of drug-likeness (QED) is 0.841. The molecular formula is C12H15N3O2S. The standard InChI is InChI=1S/C12H15N3O2S/c1-8(2)9-7-10-12(18-6-3-11(16)17)13-4-5-15(10)14-9/h4-5,7-8H,3,6H2,1-2H3,(H,16,17). The van der Waals surface area contributed by atoms with Gasteiger partial charge in [-0.05, 0) is 12.0 Å². The predicted octanol–water partition coefficient (Wildman–Crippen LogP) is 2.42. The molecule has 96 valence electrons. The number of hydrogen-bond donors (Lipinski definition) is 1. The first kappa shape index (κ1) is 12.9. The van der Waals surface area contributed by atoms with Gasteiger partial charge in [0.1, 0.15) is 5.03 Å². The monoisotopic (exact) mass is 265 g/mol. The maximum atomic E-state index is 10.5. The highest BCUT2D eigenvalue weighted by Gasteiger charge is 2.10. The van der Waals surface area contributed by atoms with E-state index in [4.69, 9.17) is 5.11 Å². The van der Waals surface area contributed by atoms with E-state index in [0.29, 0.717) is 11.7 Å². The molecule has 18 heavy (non-hydrogen) atoms. The van der Waals surface area contributed by atoms with E-state index in [1.54, 1.807) is 10.7 Å². The Balaban J connectivity index is 2.24. The summed E-state index contributed by atoms with van der Waals surface area (Å²) in [6.07, 6.45) is 3.63. The van der Waals surface area contributed by atoms with Gasteiger partial charge in [0, 0.05) is 18.1 Å². The van der Waals surface area contributed by atoms with Crippen LogP contribution in [0.1, 0.15) is 31.9 Å². The topological polar surface area (TPSA) is 67.5 Å². The van der Waals surface area contributed by atoms with E-state index in [1.165, 1.54) is 11.8 Å². The zero-order valence-corrected chi connectivity index (χ0v) is 11.1. The first-order valence-corrected chi connectivity index (χ1v) is 6.75. The van der Waals surface area contributed by atoms with Gasteiger partial charge in [0.2, 0.25) is 0 Å². The summed E-state index contributed by atoms with van der Waals surface area (Å²) in [5.41, 5.74) is 1.96. The number of carbonyl (C=O) groups is 1. The Morgan fingerprint density at radius 2 is 2.33 bits per heavy atom. The normalized spacial score (nSPS) is 11.3. The van der Waals surface area contributed by atoms with E-state index in [2.05, 4.69) is 23.9 Å². The maximum Gasteiger partial charge on any atom is 0.304 e. The number of carboxylic acids is 1. The SMILES string of the molecule is CC(C)c1cc2c(SCCC(=O)O)nccn2n1. The molecule has 5 nitrogen and oxygen atoms in total. The number of thioether (sulfide) groups is 1. The summed E-state index contributed by atoms with van der Waals surface area (Å²) in [5.74, 6) is 0.0945. The van der Waals surface area contributed by atoms with Crippen LogP contribution in [-0.4, -0.2) is 31.4 Å². The molecule has 0 aliphatic carbocycles. The number of aromatic nitrogens is 3. The lowest BCUT2D eigenvalue weighted by atomic mass is 10.1. The van der Waals surface area contributed by atoms with Gasteiger partial charge < -0.3 is 5.11 Å². The van der Waals surface area contributed by atoms with Gasteiger partial charge in [-0.1, -0.05) is 13.8 Å². The molecule has 0 saturated heterocycles. The van der Waals surface area contributed by atoms with Crippen LogP contribution in [0.15, 0.2) is 23.5 Å². The molecule has 0 aliphatic rings. The Kier molecular flexibility index (Phi) is 3.86. The van der Waals surface area contributed by atoms with Crippen LogP contribution < -0.4 is 0 Å². The fourth-order valence-electron chi connectivity index (χ4n) is 1.55. The number of hydrogen-bond acceptors (Lipinski definition) is 4. The minimum absolute atomic E-state index is 0.137. The number of nitrogens with zero attached hydrogens (tertiary/aromatic N) is 3. The van der Waals surface area contributed by atoms with Crippen molar-refractivity contribution in [2.75, 3.05) is 5.75 Å². The molecule has 1 N–H and O–H groups in total. The third kappa shape index (κ3) is 2.81. The first-order chi connectivity index (χ1) is 8.58. The number of rotatable bonds is 5. The van der Waals surface area contributed by atoms with Crippen molar-refractivity contribution in [3.05, 3.63) is 24.2 Å². The minimum atomic E-state index is -0.786. The molecule has 2 rings (SSSR count). The molecule has 0 saturated carbocycles. The molecule has 0 unspecified atom stereocenters. The predicted molar refractivity (Wildman–Crippen MR) is 70.1 cm³/mol. The molecule has 0 bridgehead atoms. The van der Waals surface area contributed by atoms with Gasteiger partial charge in [0.15, 0.2) is 0 Å². The van der Waals surface area contributed by atoms with E-state index in [9.17, 15) is 4.79 Å². The third-order valence-electron chi connectivity index (χ3n) is 2.52. The number of fused-ring (bicyclic) bond motifs is 1. The van der Waals surface area contributed by atoms with Crippen LogP contribution >= 0.6 is 11.8 Å². The molecule has 0 radical (unpaired) electrons. The minimum Gasteiger partial charge on any atom is -0.481 e. The van der Waals surface area contributed by atoms with Crippen molar-refractivity contribution in [3.63, 3.8) is 0 Å². The van der Waals surface area contributed by atoms with Crippen LogP contribution in [0, 0.1) is 0 Å². The second kappa shape index (κ2) is 5.39. The second-order valence-electron chi connectivity index (χ2n) is 4.28. The summed E-state index contributed by atoms with van der Waals surface area (Å²) >= 11 is 1.45. The molecule has 0 aliphatic heterocycles. The highest BCUT2D eigenvalue weighted by molar-refractivity contribution is 7.99. The number of aliphatic carboxylic acids is 1. The second-order valence-corrected chi connectivity index (χ2v) is 5.36. The summed E-state index contributed by atoms with van der Waals surface area (Å²) in [4.78, 5) is 14.8. The highest BCUT2D eigenvalue weighted by Crippen LogP contribution is 2.24. The highest BCUT2D eigenvalue weighted by atomic mass is 32.2. The van der Waals surface area contributed by atoms with Gasteiger partial charge in [-0.3, -0.25) is 4.79 Å². The molecule has 6 heteroatoms. The van der Waals surface area contributed by atoms with Crippen LogP contribution in [0.25, 0.3) is 5.52 Å². The van der Waals surface area contributed by atoms with Crippen molar-refractivity contribution in [2.45, 2.75) is 31.2 Å².